The maximum Gasteiger partial charge on any atom is 0.407 e. The topological polar surface area (TPSA) is 97.1 Å². The highest BCUT2D eigenvalue weighted by Crippen LogP contribution is 2.30. The van der Waals surface area contributed by atoms with Crippen LogP contribution in [0, 0.1) is 13.8 Å². The first-order valence-corrected chi connectivity index (χ1v) is 10.6. The number of rotatable bonds is 7. The molecule has 8 nitrogen and oxygen atoms in total. The van der Waals surface area contributed by atoms with Gasteiger partial charge in [-0.05, 0) is 63.8 Å². The number of aromatic nitrogens is 1. The number of alkyl carbamates (subject to hydrolysis) is 1. The second kappa shape index (κ2) is 9.70. The Morgan fingerprint density at radius 1 is 1.35 bits per heavy atom. The molecule has 0 radical (unpaired) electrons. The molecule has 0 bridgehead atoms. The van der Waals surface area contributed by atoms with Crippen LogP contribution in [-0.2, 0) is 24.3 Å². The number of hydrogen-bond donors (Lipinski definition) is 2. The Balaban J connectivity index is 1.52. The van der Waals surface area contributed by atoms with Gasteiger partial charge in [0.1, 0.15) is 24.2 Å². The summed E-state index contributed by atoms with van der Waals surface area (Å²) in [6, 6.07) is 4.09. The van der Waals surface area contributed by atoms with E-state index in [0.29, 0.717) is 13.2 Å². The van der Waals surface area contributed by atoms with Gasteiger partial charge in [-0.1, -0.05) is 11.2 Å². The fourth-order valence-corrected chi connectivity index (χ4v) is 3.67. The number of hydrogen-bond acceptors (Lipinski definition) is 7. The lowest BCUT2D eigenvalue weighted by molar-refractivity contribution is 0.0464. The summed E-state index contributed by atoms with van der Waals surface area (Å²) in [5.74, 6) is 0.870. The standard InChI is InChI=1S/C23H33N3O5/c1-15-20-8-9-26(12-19(27)10-24-22(28)31-23(3,4)5)11-17(20)6-7-21(15)29-13-18-14-30-25-16(18)2/h6-7,14,19,27H,8-13H2,1-5H3,(H,24,28)/t19-/m0/s1. The molecule has 0 fully saturated rings. The first-order valence-electron chi connectivity index (χ1n) is 10.6. The van der Waals surface area contributed by atoms with Gasteiger partial charge in [0, 0.05) is 26.2 Å². The molecule has 0 spiro atoms. The number of ether oxygens (including phenoxy) is 2. The Morgan fingerprint density at radius 2 is 2.13 bits per heavy atom. The van der Waals surface area contributed by atoms with Crippen LogP contribution in [0.4, 0.5) is 4.79 Å². The van der Waals surface area contributed by atoms with E-state index in [1.807, 2.05) is 33.8 Å². The van der Waals surface area contributed by atoms with Crippen LogP contribution in [0.25, 0.3) is 0 Å². The molecule has 0 saturated carbocycles. The van der Waals surface area contributed by atoms with Gasteiger partial charge < -0.3 is 24.4 Å². The molecule has 1 aliphatic heterocycles. The Bertz CT molecular complexity index is 903. The SMILES string of the molecule is Cc1nocc1COc1ccc2c(c1C)CCN(C[C@@H](O)CNC(=O)OC(C)(C)C)C2. The third kappa shape index (κ3) is 6.45. The second-order valence-corrected chi connectivity index (χ2v) is 9.06. The van der Waals surface area contributed by atoms with Gasteiger partial charge in [-0.25, -0.2) is 4.79 Å². The summed E-state index contributed by atoms with van der Waals surface area (Å²) in [5, 5.41) is 16.8. The number of carbonyl (C=O) groups is 1. The van der Waals surface area contributed by atoms with Crippen LogP contribution in [-0.4, -0.2) is 52.6 Å². The lowest BCUT2D eigenvalue weighted by Crippen LogP contribution is -2.43. The van der Waals surface area contributed by atoms with Crippen LogP contribution in [0.3, 0.4) is 0 Å². The first-order chi connectivity index (χ1) is 14.6. The minimum atomic E-state index is -0.662. The number of aryl methyl sites for hydroxylation is 1. The van der Waals surface area contributed by atoms with Crippen molar-refractivity contribution in [3.05, 3.63) is 46.3 Å². The van der Waals surface area contributed by atoms with Crippen LogP contribution in [0.1, 0.15) is 48.7 Å². The molecule has 1 atom stereocenters. The molecule has 2 heterocycles. The molecule has 0 saturated heterocycles. The molecule has 170 valence electrons. The summed E-state index contributed by atoms with van der Waals surface area (Å²) in [6.45, 7) is 12.1. The number of carbonyl (C=O) groups excluding carboxylic acids is 1. The minimum absolute atomic E-state index is 0.159. The van der Waals surface area contributed by atoms with E-state index in [1.54, 1.807) is 6.26 Å². The van der Waals surface area contributed by atoms with Gasteiger partial charge in [-0.2, -0.15) is 0 Å². The van der Waals surface area contributed by atoms with Gasteiger partial charge in [0.05, 0.1) is 17.4 Å². The van der Waals surface area contributed by atoms with Crippen molar-refractivity contribution >= 4 is 6.09 Å². The maximum atomic E-state index is 11.8. The zero-order valence-corrected chi connectivity index (χ0v) is 19.0. The van der Waals surface area contributed by atoms with E-state index in [-0.39, 0.29) is 6.54 Å². The summed E-state index contributed by atoms with van der Waals surface area (Å²) in [5.41, 5.74) is 4.92. The predicted molar refractivity (Wildman–Crippen MR) is 116 cm³/mol. The minimum Gasteiger partial charge on any atom is -0.488 e. The molecule has 1 aliphatic rings. The molecular formula is C23H33N3O5. The highest BCUT2D eigenvalue weighted by atomic mass is 16.6. The molecule has 2 aromatic rings. The number of nitrogens with one attached hydrogen (secondary N) is 1. The van der Waals surface area contributed by atoms with Crippen molar-refractivity contribution in [2.75, 3.05) is 19.6 Å². The van der Waals surface area contributed by atoms with Crippen LogP contribution in [0.15, 0.2) is 22.9 Å². The predicted octanol–water partition coefficient (Wildman–Crippen LogP) is 3.11. The van der Waals surface area contributed by atoms with Gasteiger partial charge in [-0.15, -0.1) is 0 Å². The normalized spacial score (nSPS) is 15.3. The quantitative estimate of drug-likeness (QED) is 0.695. The average Bonchev–Trinajstić information content (AvgIpc) is 3.09. The van der Waals surface area contributed by atoms with Gasteiger partial charge in [0.15, 0.2) is 0 Å². The van der Waals surface area contributed by atoms with Crippen LogP contribution in [0.2, 0.25) is 0 Å². The van der Waals surface area contributed by atoms with Gasteiger partial charge in [0.25, 0.3) is 0 Å². The lowest BCUT2D eigenvalue weighted by atomic mass is 9.94. The van der Waals surface area contributed by atoms with Crippen molar-refractivity contribution in [2.24, 2.45) is 0 Å². The van der Waals surface area contributed by atoms with Crippen molar-refractivity contribution < 1.29 is 23.9 Å². The highest BCUT2D eigenvalue weighted by Gasteiger charge is 2.22. The van der Waals surface area contributed by atoms with Crippen LogP contribution >= 0.6 is 0 Å². The summed E-state index contributed by atoms with van der Waals surface area (Å²) in [7, 11) is 0. The molecule has 0 unspecified atom stereocenters. The zero-order valence-electron chi connectivity index (χ0n) is 19.0. The third-order valence-electron chi connectivity index (χ3n) is 5.30. The van der Waals surface area contributed by atoms with Crippen molar-refractivity contribution in [3.8, 4) is 5.75 Å². The van der Waals surface area contributed by atoms with E-state index in [4.69, 9.17) is 14.0 Å². The summed E-state index contributed by atoms with van der Waals surface area (Å²) >= 11 is 0. The number of aliphatic hydroxyl groups is 1. The number of benzene rings is 1. The highest BCUT2D eigenvalue weighted by molar-refractivity contribution is 5.67. The summed E-state index contributed by atoms with van der Waals surface area (Å²) in [4.78, 5) is 14.0. The molecule has 1 amide bonds. The molecule has 0 aliphatic carbocycles. The van der Waals surface area contributed by atoms with Crippen LogP contribution < -0.4 is 10.1 Å². The number of aliphatic hydroxyl groups excluding tert-OH is 1. The Hall–Kier alpha value is -2.58. The second-order valence-electron chi connectivity index (χ2n) is 9.06. The van der Waals surface area contributed by atoms with E-state index in [1.165, 1.54) is 11.1 Å². The van der Waals surface area contributed by atoms with Crippen molar-refractivity contribution in [3.63, 3.8) is 0 Å². The largest absolute Gasteiger partial charge is 0.488 e. The van der Waals surface area contributed by atoms with E-state index in [0.717, 1.165) is 42.1 Å². The van der Waals surface area contributed by atoms with E-state index >= 15 is 0 Å². The fraction of sp³-hybridized carbons (Fsp3) is 0.565. The lowest BCUT2D eigenvalue weighted by Gasteiger charge is -2.31. The van der Waals surface area contributed by atoms with E-state index in [2.05, 4.69) is 28.4 Å². The number of β-amino-alcohol motifs (C(OH)–C–C–N with tert-alkyl or cyclic N) is 1. The Labute approximate surface area is 183 Å². The number of fused-ring (bicyclic) bond motifs is 1. The third-order valence-corrected chi connectivity index (χ3v) is 5.30. The molecule has 1 aromatic heterocycles. The maximum absolute atomic E-state index is 11.8. The number of nitrogens with zero attached hydrogens (tertiary/aromatic N) is 2. The van der Waals surface area contributed by atoms with Gasteiger partial charge in [0.2, 0.25) is 0 Å². The summed E-state index contributed by atoms with van der Waals surface area (Å²) in [6.07, 6.45) is 1.32. The molecule has 1 aromatic carbocycles. The summed E-state index contributed by atoms with van der Waals surface area (Å²) < 4.78 is 16.2. The van der Waals surface area contributed by atoms with E-state index < -0.39 is 17.8 Å². The number of amides is 1. The van der Waals surface area contributed by atoms with Crippen molar-refractivity contribution in [2.45, 2.75) is 65.9 Å². The van der Waals surface area contributed by atoms with Crippen LogP contribution in [0.5, 0.6) is 5.75 Å². The molecule has 3 rings (SSSR count). The Morgan fingerprint density at radius 3 is 2.81 bits per heavy atom. The van der Waals surface area contributed by atoms with Gasteiger partial charge in [-0.3, -0.25) is 4.90 Å². The smallest absolute Gasteiger partial charge is 0.407 e. The molecule has 31 heavy (non-hydrogen) atoms. The molecular weight excluding hydrogens is 398 g/mol. The average molecular weight is 432 g/mol. The monoisotopic (exact) mass is 431 g/mol. The fourth-order valence-electron chi connectivity index (χ4n) is 3.67. The first kappa shape index (κ1) is 23.1. The van der Waals surface area contributed by atoms with Crippen molar-refractivity contribution in [1.29, 1.82) is 0 Å². The molecule has 2 N–H and O–H groups in total. The molecule has 8 heteroatoms. The van der Waals surface area contributed by atoms with Crippen molar-refractivity contribution in [1.82, 2.24) is 15.4 Å². The van der Waals surface area contributed by atoms with Gasteiger partial charge >= 0.3 is 6.09 Å². The Kier molecular flexibility index (Phi) is 7.23. The zero-order chi connectivity index (χ0) is 22.6. The van der Waals surface area contributed by atoms with E-state index in [9.17, 15) is 9.90 Å².